The topological polar surface area (TPSA) is 64.7 Å². The molecule has 158 valence electrons. The summed E-state index contributed by atoms with van der Waals surface area (Å²) in [5, 5.41) is 10.2. The first-order chi connectivity index (χ1) is 13.1. The van der Waals surface area contributed by atoms with Crippen molar-refractivity contribution in [3.8, 4) is 0 Å². The smallest absolute Gasteiger partial charge is 0.169 e. The average molecular weight is 390 g/mol. The maximum atomic E-state index is 10.2. The predicted molar refractivity (Wildman–Crippen MR) is 110 cm³/mol. The molecule has 1 saturated heterocycles. The summed E-state index contributed by atoms with van der Waals surface area (Å²) >= 11 is 0. The molecule has 4 heteroatoms. The SMILES string of the molecule is CC1([C@H]2CC[C@@]3(C)[C@]4(N)CC=C5C[C@@H](O)CC[C@]5(C)C4CC[C@]23C)OCCO1. The number of hydrogen-bond donors (Lipinski definition) is 2. The third-order valence-electron chi connectivity index (χ3n) is 10.7. The molecule has 28 heavy (non-hydrogen) atoms. The number of fused-ring (bicyclic) bond motifs is 5. The first-order valence-corrected chi connectivity index (χ1v) is 11.5. The third-order valence-corrected chi connectivity index (χ3v) is 10.7. The Balaban J connectivity index is 1.56. The molecule has 3 saturated carbocycles. The van der Waals surface area contributed by atoms with Gasteiger partial charge in [0, 0.05) is 11.5 Å². The molecule has 0 aromatic carbocycles. The number of aliphatic hydroxyl groups is 1. The molecule has 1 aliphatic heterocycles. The summed E-state index contributed by atoms with van der Waals surface area (Å²) < 4.78 is 12.3. The summed E-state index contributed by atoms with van der Waals surface area (Å²) in [7, 11) is 0. The van der Waals surface area contributed by atoms with E-state index >= 15 is 0 Å². The summed E-state index contributed by atoms with van der Waals surface area (Å²) in [6.45, 7) is 11.0. The van der Waals surface area contributed by atoms with E-state index in [0.717, 1.165) is 38.5 Å². The van der Waals surface area contributed by atoms with Gasteiger partial charge in [0.1, 0.15) is 0 Å². The first kappa shape index (κ1) is 19.5. The lowest BCUT2D eigenvalue weighted by molar-refractivity contribution is -0.228. The highest BCUT2D eigenvalue weighted by atomic mass is 16.7. The average Bonchev–Trinajstić information content (AvgIpc) is 3.19. The second-order valence-corrected chi connectivity index (χ2v) is 11.4. The minimum atomic E-state index is -0.454. The zero-order valence-corrected chi connectivity index (χ0v) is 18.2. The lowest BCUT2D eigenvalue weighted by atomic mass is 9.39. The number of rotatable bonds is 1. The fourth-order valence-electron chi connectivity index (χ4n) is 8.77. The summed E-state index contributed by atoms with van der Waals surface area (Å²) in [6, 6.07) is 0. The minimum Gasteiger partial charge on any atom is -0.393 e. The highest BCUT2D eigenvalue weighted by Crippen LogP contribution is 2.74. The van der Waals surface area contributed by atoms with Crippen LogP contribution in [0.2, 0.25) is 0 Å². The molecule has 0 bridgehead atoms. The quantitative estimate of drug-likeness (QED) is 0.661. The second kappa shape index (κ2) is 5.84. The molecule has 5 rings (SSSR count). The van der Waals surface area contributed by atoms with Gasteiger partial charge in [0.15, 0.2) is 5.79 Å². The molecule has 4 nitrogen and oxygen atoms in total. The molecule has 7 atom stereocenters. The lowest BCUT2D eigenvalue weighted by Crippen LogP contribution is -2.71. The summed E-state index contributed by atoms with van der Waals surface area (Å²) in [6.07, 6.45) is 10.7. The minimum absolute atomic E-state index is 0.0764. The molecule has 0 aromatic heterocycles. The highest BCUT2D eigenvalue weighted by molar-refractivity contribution is 5.33. The van der Waals surface area contributed by atoms with Crippen LogP contribution in [0.15, 0.2) is 11.6 Å². The summed E-state index contributed by atoms with van der Waals surface area (Å²) in [5.74, 6) is 0.451. The van der Waals surface area contributed by atoms with Gasteiger partial charge < -0.3 is 20.3 Å². The van der Waals surface area contributed by atoms with E-state index in [1.165, 1.54) is 18.4 Å². The number of hydrogen-bond acceptors (Lipinski definition) is 4. The van der Waals surface area contributed by atoms with E-state index in [9.17, 15) is 5.11 Å². The molecule has 0 aromatic rings. The van der Waals surface area contributed by atoms with Crippen LogP contribution in [0.25, 0.3) is 0 Å². The van der Waals surface area contributed by atoms with Crippen molar-refractivity contribution < 1.29 is 14.6 Å². The van der Waals surface area contributed by atoms with Gasteiger partial charge in [-0.15, -0.1) is 0 Å². The lowest BCUT2D eigenvalue weighted by Gasteiger charge is -2.68. The fraction of sp³-hybridized carbons (Fsp3) is 0.917. The standard InChI is InChI=1S/C24H39NO3/c1-20-9-6-17(26)15-16(20)5-12-24(25)18(20)7-10-21(2)19(8-11-22(21,24)3)23(4)27-13-14-28-23/h5,17-19,26H,6-15,25H2,1-4H3/t17-,18?,19-,20-,21+,22+,24-/m0/s1. The van der Waals surface area contributed by atoms with E-state index in [4.69, 9.17) is 15.2 Å². The van der Waals surface area contributed by atoms with E-state index < -0.39 is 5.79 Å². The molecule has 1 unspecified atom stereocenters. The van der Waals surface area contributed by atoms with Crippen molar-refractivity contribution in [2.45, 2.75) is 96.5 Å². The van der Waals surface area contributed by atoms with E-state index in [2.05, 4.69) is 33.8 Å². The third kappa shape index (κ3) is 2.16. The maximum absolute atomic E-state index is 10.2. The van der Waals surface area contributed by atoms with Gasteiger partial charge in [0.05, 0.1) is 19.3 Å². The molecular weight excluding hydrogens is 350 g/mol. The molecule has 5 aliphatic rings. The highest BCUT2D eigenvalue weighted by Gasteiger charge is 2.72. The fourth-order valence-corrected chi connectivity index (χ4v) is 8.77. The molecule has 4 aliphatic carbocycles. The van der Waals surface area contributed by atoms with Gasteiger partial charge in [0.25, 0.3) is 0 Å². The molecule has 3 N–H and O–H groups in total. The normalized spacial score (nSPS) is 55.2. The van der Waals surface area contributed by atoms with Crippen LogP contribution in [0, 0.1) is 28.1 Å². The van der Waals surface area contributed by atoms with E-state index in [-0.39, 0.29) is 27.9 Å². The Morgan fingerprint density at radius 3 is 2.36 bits per heavy atom. The molecule has 1 heterocycles. The van der Waals surface area contributed by atoms with Crippen molar-refractivity contribution in [1.82, 2.24) is 0 Å². The largest absolute Gasteiger partial charge is 0.393 e. The van der Waals surface area contributed by atoms with Crippen molar-refractivity contribution >= 4 is 0 Å². The van der Waals surface area contributed by atoms with Crippen molar-refractivity contribution in [3.05, 3.63) is 11.6 Å². The Kier molecular flexibility index (Phi) is 4.07. The Morgan fingerprint density at radius 2 is 1.64 bits per heavy atom. The van der Waals surface area contributed by atoms with Gasteiger partial charge in [-0.25, -0.2) is 0 Å². The van der Waals surface area contributed by atoms with Crippen LogP contribution in [0.3, 0.4) is 0 Å². The van der Waals surface area contributed by atoms with Crippen molar-refractivity contribution in [3.63, 3.8) is 0 Å². The Labute approximate surface area is 170 Å². The molecule has 0 radical (unpaired) electrons. The van der Waals surface area contributed by atoms with Crippen LogP contribution in [0.1, 0.15) is 79.1 Å². The number of aliphatic hydroxyl groups excluding tert-OH is 1. The van der Waals surface area contributed by atoms with Crippen LogP contribution >= 0.6 is 0 Å². The van der Waals surface area contributed by atoms with Gasteiger partial charge in [-0.05, 0) is 80.5 Å². The van der Waals surface area contributed by atoms with Crippen LogP contribution in [-0.2, 0) is 9.47 Å². The van der Waals surface area contributed by atoms with Crippen molar-refractivity contribution in [1.29, 1.82) is 0 Å². The Bertz CT molecular complexity index is 700. The second-order valence-electron chi connectivity index (χ2n) is 11.4. The van der Waals surface area contributed by atoms with E-state index in [1.807, 2.05) is 0 Å². The predicted octanol–water partition coefficient (Wildman–Crippen LogP) is 4.16. The zero-order valence-electron chi connectivity index (χ0n) is 18.2. The van der Waals surface area contributed by atoms with Crippen molar-refractivity contribution in [2.75, 3.05) is 13.2 Å². The zero-order chi connectivity index (χ0) is 20.0. The molecule has 4 fully saturated rings. The van der Waals surface area contributed by atoms with Gasteiger partial charge >= 0.3 is 0 Å². The Hall–Kier alpha value is -0.420. The molecule has 0 spiro atoms. The van der Waals surface area contributed by atoms with E-state index in [1.54, 1.807) is 0 Å². The van der Waals surface area contributed by atoms with Crippen molar-refractivity contribution in [2.24, 2.45) is 33.8 Å². The first-order valence-electron chi connectivity index (χ1n) is 11.5. The van der Waals surface area contributed by atoms with Gasteiger partial charge in [-0.2, -0.15) is 0 Å². The number of nitrogens with two attached hydrogens (primary N) is 1. The van der Waals surface area contributed by atoms with E-state index in [0.29, 0.717) is 25.0 Å². The number of ether oxygens (including phenoxy) is 2. The Morgan fingerprint density at radius 1 is 0.964 bits per heavy atom. The van der Waals surface area contributed by atoms with Crippen LogP contribution in [-0.4, -0.2) is 35.8 Å². The summed E-state index contributed by atoms with van der Waals surface area (Å²) in [5.41, 5.74) is 9.16. The van der Waals surface area contributed by atoms with Gasteiger partial charge in [0.2, 0.25) is 0 Å². The van der Waals surface area contributed by atoms with Crippen LogP contribution < -0.4 is 5.73 Å². The molecule has 0 amide bonds. The van der Waals surface area contributed by atoms with Gasteiger partial charge in [-0.1, -0.05) is 32.4 Å². The maximum Gasteiger partial charge on any atom is 0.169 e. The van der Waals surface area contributed by atoms with Crippen LogP contribution in [0.5, 0.6) is 0 Å². The molecular formula is C24H39NO3. The van der Waals surface area contributed by atoms with Gasteiger partial charge in [-0.3, -0.25) is 0 Å². The van der Waals surface area contributed by atoms with Crippen LogP contribution in [0.4, 0.5) is 0 Å². The summed E-state index contributed by atoms with van der Waals surface area (Å²) in [4.78, 5) is 0. The monoisotopic (exact) mass is 389 g/mol.